The average Bonchev–Trinajstić information content (AvgIpc) is 3.32. The zero-order valence-electron chi connectivity index (χ0n) is 17.4. The lowest BCUT2D eigenvalue weighted by Crippen LogP contribution is -2.34. The minimum Gasteiger partial charge on any atom is -0.415 e. The van der Waals surface area contributed by atoms with Gasteiger partial charge in [0.25, 0.3) is 5.89 Å². The van der Waals surface area contributed by atoms with Crippen molar-refractivity contribution in [3.63, 3.8) is 0 Å². The Labute approximate surface area is 186 Å². The topological polar surface area (TPSA) is 92.4 Å². The van der Waals surface area contributed by atoms with E-state index in [9.17, 15) is 17.8 Å². The van der Waals surface area contributed by atoms with Crippen molar-refractivity contribution in [3.05, 3.63) is 60.2 Å². The molecular formula is C21H23F2N5O3S. The summed E-state index contributed by atoms with van der Waals surface area (Å²) in [4.78, 5) is 19.2. The van der Waals surface area contributed by atoms with Gasteiger partial charge in [-0.3, -0.25) is 14.0 Å². The standard InChI is InChI=1S/C16H12F2N4O2.C5H11NOS/c17-14(18)16-21-20-15(24-16)11-6-7-12(19-8-11)9-22(10-23)13-4-2-1-3-5-13;1-6-2-4-8(7)5-3-6/h1-8,10,14H,9H2;2-5H2,1H3. The van der Waals surface area contributed by atoms with E-state index < -0.39 is 23.1 Å². The molecule has 0 aliphatic carbocycles. The largest absolute Gasteiger partial charge is 0.415 e. The monoisotopic (exact) mass is 463 g/mol. The van der Waals surface area contributed by atoms with Gasteiger partial charge in [0.1, 0.15) is 0 Å². The molecule has 1 fully saturated rings. The molecule has 0 radical (unpaired) electrons. The number of hydrogen-bond donors (Lipinski definition) is 0. The number of carbonyl (C=O) groups excluding carboxylic acids is 1. The minimum atomic E-state index is -2.81. The second-order valence-electron chi connectivity index (χ2n) is 7.00. The second kappa shape index (κ2) is 11.5. The number of nitrogens with zero attached hydrogens (tertiary/aromatic N) is 5. The van der Waals surface area contributed by atoms with Crippen molar-refractivity contribution in [2.75, 3.05) is 36.5 Å². The molecule has 0 N–H and O–H groups in total. The smallest absolute Gasteiger partial charge is 0.314 e. The van der Waals surface area contributed by atoms with Gasteiger partial charge in [0.05, 0.1) is 17.8 Å². The van der Waals surface area contributed by atoms with Gasteiger partial charge in [0, 0.05) is 47.3 Å². The minimum absolute atomic E-state index is 0.0281. The van der Waals surface area contributed by atoms with Crippen LogP contribution in [-0.4, -0.2) is 62.3 Å². The molecule has 0 spiro atoms. The molecule has 0 atom stereocenters. The number of pyridine rings is 1. The number of amides is 1. The van der Waals surface area contributed by atoms with Gasteiger partial charge in [-0.25, -0.2) is 0 Å². The third-order valence-corrected chi connectivity index (χ3v) is 5.92. The third-order valence-electron chi connectivity index (χ3n) is 4.65. The summed E-state index contributed by atoms with van der Waals surface area (Å²) in [5.74, 6) is 0.984. The zero-order valence-corrected chi connectivity index (χ0v) is 18.3. The number of para-hydroxylation sites is 1. The van der Waals surface area contributed by atoms with E-state index in [1.807, 2.05) is 30.3 Å². The van der Waals surface area contributed by atoms with E-state index in [-0.39, 0.29) is 12.4 Å². The summed E-state index contributed by atoms with van der Waals surface area (Å²) in [6.07, 6.45) is -0.658. The highest BCUT2D eigenvalue weighted by Gasteiger charge is 2.17. The number of rotatable bonds is 6. The van der Waals surface area contributed by atoms with Crippen LogP contribution in [0.5, 0.6) is 0 Å². The van der Waals surface area contributed by atoms with E-state index >= 15 is 0 Å². The van der Waals surface area contributed by atoms with Gasteiger partial charge >= 0.3 is 6.43 Å². The van der Waals surface area contributed by atoms with Crippen molar-refractivity contribution in [1.82, 2.24) is 20.1 Å². The maximum absolute atomic E-state index is 12.5. The fourth-order valence-electron chi connectivity index (χ4n) is 2.80. The predicted octanol–water partition coefficient (Wildman–Crippen LogP) is 2.91. The summed E-state index contributed by atoms with van der Waals surface area (Å²) < 4.78 is 40.5. The van der Waals surface area contributed by atoms with Crippen molar-refractivity contribution in [2.24, 2.45) is 0 Å². The van der Waals surface area contributed by atoms with Crippen LogP contribution in [0.2, 0.25) is 0 Å². The molecule has 1 aromatic carbocycles. The number of alkyl halides is 2. The quantitative estimate of drug-likeness (QED) is 0.519. The van der Waals surface area contributed by atoms with Gasteiger partial charge in [-0.1, -0.05) is 18.2 Å². The molecule has 0 unspecified atom stereocenters. The van der Waals surface area contributed by atoms with Gasteiger partial charge in [0.15, 0.2) is 0 Å². The van der Waals surface area contributed by atoms with Gasteiger partial charge in [0.2, 0.25) is 12.3 Å². The fourth-order valence-corrected chi connectivity index (χ4v) is 4.03. The van der Waals surface area contributed by atoms with E-state index in [0.29, 0.717) is 11.3 Å². The average molecular weight is 464 g/mol. The summed E-state index contributed by atoms with van der Waals surface area (Å²) in [5.41, 5.74) is 1.80. The first-order chi connectivity index (χ1) is 15.5. The number of hydrogen-bond acceptors (Lipinski definition) is 7. The molecule has 1 aliphatic rings. The second-order valence-corrected chi connectivity index (χ2v) is 8.70. The van der Waals surface area contributed by atoms with Crippen LogP contribution in [-0.2, 0) is 22.1 Å². The molecule has 0 saturated carbocycles. The molecule has 0 bridgehead atoms. The van der Waals surface area contributed by atoms with E-state index in [0.717, 1.165) is 36.7 Å². The molecule has 11 heteroatoms. The fraction of sp³-hybridized carbons (Fsp3) is 0.333. The maximum atomic E-state index is 12.5. The number of anilines is 1. The van der Waals surface area contributed by atoms with Gasteiger partial charge in [-0.15, -0.1) is 10.2 Å². The highest BCUT2D eigenvalue weighted by molar-refractivity contribution is 7.85. The number of aromatic nitrogens is 3. The normalized spacial score (nSPS) is 14.6. The van der Waals surface area contributed by atoms with E-state index in [1.165, 1.54) is 11.1 Å². The van der Waals surface area contributed by atoms with Crippen LogP contribution in [0.3, 0.4) is 0 Å². The third kappa shape index (κ3) is 6.72. The maximum Gasteiger partial charge on any atom is 0.314 e. The highest BCUT2D eigenvalue weighted by atomic mass is 32.2. The van der Waals surface area contributed by atoms with E-state index in [2.05, 4.69) is 27.1 Å². The molecule has 4 rings (SSSR count). The van der Waals surface area contributed by atoms with Crippen LogP contribution in [0.15, 0.2) is 53.1 Å². The lowest BCUT2D eigenvalue weighted by molar-refractivity contribution is -0.107. The Morgan fingerprint density at radius 2 is 1.88 bits per heavy atom. The molecule has 32 heavy (non-hydrogen) atoms. The summed E-state index contributed by atoms with van der Waals surface area (Å²) in [5, 5.41) is 6.83. The van der Waals surface area contributed by atoms with Crippen molar-refractivity contribution >= 4 is 22.9 Å². The highest BCUT2D eigenvalue weighted by Crippen LogP contribution is 2.23. The predicted molar refractivity (Wildman–Crippen MR) is 117 cm³/mol. The van der Waals surface area contributed by atoms with Crippen molar-refractivity contribution in [2.45, 2.75) is 13.0 Å². The number of benzene rings is 1. The SMILES string of the molecule is CN1CCS(=O)CC1.O=CN(Cc1ccc(-c2nnc(C(F)F)o2)cn1)c1ccccc1. The van der Waals surface area contributed by atoms with E-state index in [1.54, 1.807) is 12.1 Å². The molecule has 8 nitrogen and oxygen atoms in total. The van der Waals surface area contributed by atoms with Gasteiger partial charge < -0.3 is 14.2 Å². The Kier molecular flexibility index (Phi) is 8.51. The van der Waals surface area contributed by atoms with Crippen LogP contribution in [0.4, 0.5) is 14.5 Å². The number of halogens is 2. The van der Waals surface area contributed by atoms with Crippen LogP contribution >= 0.6 is 0 Å². The van der Waals surface area contributed by atoms with Gasteiger partial charge in [-0.2, -0.15) is 8.78 Å². The summed E-state index contributed by atoms with van der Waals surface area (Å²) >= 11 is 0. The van der Waals surface area contributed by atoms with E-state index in [4.69, 9.17) is 4.42 Å². The first-order valence-corrected chi connectivity index (χ1v) is 11.3. The molecule has 170 valence electrons. The molecule has 1 aliphatic heterocycles. The molecule has 2 aromatic heterocycles. The van der Waals surface area contributed by atoms with Crippen LogP contribution in [0, 0.1) is 0 Å². The Balaban J connectivity index is 0.000000305. The first kappa shape index (κ1) is 23.6. The molecule has 1 amide bonds. The van der Waals surface area contributed by atoms with Crippen molar-refractivity contribution in [1.29, 1.82) is 0 Å². The van der Waals surface area contributed by atoms with Crippen molar-refractivity contribution in [3.8, 4) is 11.5 Å². The zero-order chi connectivity index (χ0) is 22.9. The molecular weight excluding hydrogens is 440 g/mol. The van der Waals surface area contributed by atoms with Crippen LogP contribution < -0.4 is 4.90 Å². The van der Waals surface area contributed by atoms with Crippen LogP contribution in [0.25, 0.3) is 11.5 Å². The Hall–Kier alpha value is -3.05. The summed E-state index contributed by atoms with van der Waals surface area (Å²) in [6.45, 7) is 2.29. The first-order valence-electron chi connectivity index (χ1n) is 9.83. The van der Waals surface area contributed by atoms with Gasteiger partial charge in [-0.05, 0) is 31.3 Å². The Morgan fingerprint density at radius 3 is 2.41 bits per heavy atom. The Bertz CT molecular complexity index is 1010. The molecule has 3 heterocycles. The molecule has 1 saturated heterocycles. The summed E-state index contributed by atoms with van der Waals surface area (Å²) in [6, 6.07) is 12.4. The van der Waals surface area contributed by atoms with Crippen LogP contribution in [0.1, 0.15) is 18.0 Å². The lowest BCUT2D eigenvalue weighted by atomic mass is 10.2. The Morgan fingerprint density at radius 1 is 1.16 bits per heavy atom. The number of carbonyl (C=O) groups is 1. The molecule has 3 aromatic rings. The summed E-state index contributed by atoms with van der Waals surface area (Å²) in [7, 11) is 1.56. The van der Waals surface area contributed by atoms with Crippen molar-refractivity contribution < 1.29 is 22.2 Å². The lowest BCUT2D eigenvalue weighted by Gasteiger charge is -2.20.